The van der Waals surface area contributed by atoms with Crippen LogP contribution < -0.4 is 10.6 Å². The number of nitrogens with zero attached hydrogens (tertiary/aromatic N) is 2. The molecule has 2 atom stereocenters. The van der Waals surface area contributed by atoms with Crippen LogP contribution in [-0.2, 0) is 14.2 Å². The van der Waals surface area contributed by atoms with Crippen molar-refractivity contribution in [3.8, 4) is 0 Å². The third kappa shape index (κ3) is 9.67. The fourth-order valence-corrected chi connectivity index (χ4v) is 3.42. The second-order valence-electron chi connectivity index (χ2n) is 8.83. The van der Waals surface area contributed by atoms with Gasteiger partial charge in [-0.2, -0.15) is 0 Å². The summed E-state index contributed by atoms with van der Waals surface area (Å²) in [6, 6.07) is 0.174. The summed E-state index contributed by atoms with van der Waals surface area (Å²) in [6.07, 6.45) is 3.72. The molecular weight excluding hydrogens is 372 g/mol. The van der Waals surface area contributed by atoms with Crippen LogP contribution in [0.5, 0.6) is 0 Å². The zero-order valence-corrected chi connectivity index (χ0v) is 18.7. The summed E-state index contributed by atoms with van der Waals surface area (Å²) in [5.41, 5.74) is -0.472. The lowest BCUT2D eigenvalue weighted by Crippen LogP contribution is -2.53. The number of nitrogens with one attached hydrogen (secondary N) is 2. The van der Waals surface area contributed by atoms with Crippen LogP contribution in [0.15, 0.2) is 4.99 Å². The number of carbonyl (C=O) groups is 1. The van der Waals surface area contributed by atoms with Crippen molar-refractivity contribution in [1.82, 2.24) is 15.5 Å². The van der Waals surface area contributed by atoms with E-state index in [2.05, 4.69) is 22.5 Å². The zero-order chi connectivity index (χ0) is 21.1. The molecule has 1 amide bonds. The smallest absolute Gasteiger partial charge is 0.410 e. The van der Waals surface area contributed by atoms with Gasteiger partial charge in [-0.25, -0.2) is 4.79 Å². The Balaban J connectivity index is 1.71. The maximum absolute atomic E-state index is 12.3. The van der Waals surface area contributed by atoms with Crippen LogP contribution in [0.1, 0.15) is 53.4 Å². The van der Waals surface area contributed by atoms with Crippen molar-refractivity contribution < 1.29 is 19.0 Å². The normalized spacial score (nSPS) is 23.2. The molecule has 2 heterocycles. The molecule has 29 heavy (non-hydrogen) atoms. The van der Waals surface area contributed by atoms with Gasteiger partial charge in [0.05, 0.1) is 13.2 Å². The molecule has 0 bridgehead atoms. The standard InChI is InChI=1S/C21H40N4O4/c1-5-22-19(23-10-7-12-27-15-17-9-13-28-16-17)24-18-8-6-11-25(14-18)20(26)29-21(2,3)4/h17-18H,5-16H2,1-4H3,(H2,22,23,24). The highest BCUT2D eigenvalue weighted by Crippen LogP contribution is 2.15. The van der Waals surface area contributed by atoms with Crippen molar-refractivity contribution in [1.29, 1.82) is 0 Å². The van der Waals surface area contributed by atoms with Gasteiger partial charge in [0.25, 0.3) is 0 Å². The van der Waals surface area contributed by atoms with Gasteiger partial charge < -0.3 is 29.7 Å². The Morgan fingerprint density at radius 2 is 2.14 bits per heavy atom. The molecule has 8 nitrogen and oxygen atoms in total. The lowest BCUT2D eigenvalue weighted by atomic mass is 10.1. The van der Waals surface area contributed by atoms with Crippen LogP contribution in [0.2, 0.25) is 0 Å². The van der Waals surface area contributed by atoms with E-state index < -0.39 is 5.60 Å². The van der Waals surface area contributed by atoms with Crippen LogP contribution in [0.4, 0.5) is 4.79 Å². The maximum Gasteiger partial charge on any atom is 0.410 e. The maximum atomic E-state index is 12.3. The van der Waals surface area contributed by atoms with Gasteiger partial charge in [-0.05, 0) is 53.4 Å². The molecule has 2 unspecified atom stereocenters. The summed E-state index contributed by atoms with van der Waals surface area (Å²) < 4.78 is 16.6. The van der Waals surface area contributed by atoms with Crippen LogP contribution >= 0.6 is 0 Å². The Bertz CT molecular complexity index is 515. The van der Waals surface area contributed by atoms with Crippen LogP contribution in [-0.4, -0.2) is 81.2 Å². The van der Waals surface area contributed by atoms with Gasteiger partial charge in [0, 0.05) is 51.4 Å². The average molecular weight is 413 g/mol. The third-order valence-corrected chi connectivity index (χ3v) is 4.85. The molecule has 0 aromatic heterocycles. The molecular formula is C21H40N4O4. The number of likely N-dealkylation sites (tertiary alicyclic amines) is 1. The van der Waals surface area contributed by atoms with E-state index in [1.165, 1.54) is 0 Å². The first-order valence-corrected chi connectivity index (χ1v) is 11.1. The number of hydrogen-bond acceptors (Lipinski definition) is 5. The molecule has 2 N–H and O–H groups in total. The van der Waals surface area contributed by atoms with E-state index in [0.717, 1.165) is 71.2 Å². The first kappa shape index (κ1) is 23.7. The van der Waals surface area contributed by atoms with Gasteiger partial charge in [-0.3, -0.25) is 4.99 Å². The number of amides is 1. The van der Waals surface area contributed by atoms with Gasteiger partial charge >= 0.3 is 6.09 Å². The summed E-state index contributed by atoms with van der Waals surface area (Å²) in [7, 11) is 0. The van der Waals surface area contributed by atoms with E-state index in [9.17, 15) is 4.79 Å². The highest BCUT2D eigenvalue weighted by Gasteiger charge is 2.28. The van der Waals surface area contributed by atoms with E-state index in [4.69, 9.17) is 14.2 Å². The molecule has 0 radical (unpaired) electrons. The van der Waals surface area contributed by atoms with Gasteiger partial charge in [0.15, 0.2) is 5.96 Å². The third-order valence-electron chi connectivity index (χ3n) is 4.85. The molecule has 0 aromatic carbocycles. The number of hydrogen-bond donors (Lipinski definition) is 2. The summed E-state index contributed by atoms with van der Waals surface area (Å²) in [4.78, 5) is 18.8. The van der Waals surface area contributed by atoms with Crippen LogP contribution in [0.25, 0.3) is 0 Å². The largest absolute Gasteiger partial charge is 0.444 e. The molecule has 0 aliphatic carbocycles. The molecule has 2 rings (SSSR count). The number of ether oxygens (including phenoxy) is 3. The summed E-state index contributed by atoms with van der Waals surface area (Å²) in [6.45, 7) is 13.8. The predicted molar refractivity (Wildman–Crippen MR) is 114 cm³/mol. The Morgan fingerprint density at radius 3 is 2.83 bits per heavy atom. The summed E-state index contributed by atoms with van der Waals surface area (Å²) in [5.74, 6) is 1.35. The first-order valence-electron chi connectivity index (χ1n) is 11.1. The van der Waals surface area contributed by atoms with Crippen molar-refractivity contribution >= 4 is 12.1 Å². The molecule has 0 saturated carbocycles. The van der Waals surface area contributed by atoms with E-state index in [1.54, 1.807) is 4.90 Å². The summed E-state index contributed by atoms with van der Waals surface area (Å²) in [5, 5.41) is 6.77. The predicted octanol–water partition coefficient (Wildman–Crippen LogP) is 2.38. The monoisotopic (exact) mass is 412 g/mol. The van der Waals surface area contributed by atoms with Gasteiger partial charge in [-0.15, -0.1) is 0 Å². The van der Waals surface area contributed by atoms with Crippen LogP contribution in [0, 0.1) is 5.92 Å². The number of rotatable bonds is 8. The minimum absolute atomic E-state index is 0.174. The molecule has 0 aromatic rings. The van der Waals surface area contributed by atoms with Crippen molar-refractivity contribution in [2.45, 2.75) is 65.0 Å². The molecule has 2 aliphatic heterocycles. The van der Waals surface area contributed by atoms with Crippen molar-refractivity contribution in [2.75, 3.05) is 52.6 Å². The number of aliphatic imine (C=N–C) groups is 1. The number of guanidine groups is 1. The molecule has 2 saturated heterocycles. The molecule has 8 heteroatoms. The quantitative estimate of drug-likeness (QED) is 0.362. The van der Waals surface area contributed by atoms with Gasteiger partial charge in [0.2, 0.25) is 0 Å². The Hall–Kier alpha value is -1.54. The lowest BCUT2D eigenvalue weighted by Gasteiger charge is -2.35. The summed E-state index contributed by atoms with van der Waals surface area (Å²) >= 11 is 0. The SMILES string of the molecule is CCNC(=NCCCOCC1CCOC1)NC1CCCN(C(=O)OC(C)(C)C)C1. The van der Waals surface area contributed by atoms with Gasteiger partial charge in [-0.1, -0.05) is 0 Å². The van der Waals surface area contributed by atoms with E-state index in [1.807, 2.05) is 20.8 Å². The van der Waals surface area contributed by atoms with E-state index in [0.29, 0.717) is 19.0 Å². The van der Waals surface area contributed by atoms with Crippen molar-refractivity contribution in [2.24, 2.45) is 10.9 Å². The molecule has 0 spiro atoms. The number of piperidine rings is 1. The molecule has 2 fully saturated rings. The first-order chi connectivity index (χ1) is 13.9. The van der Waals surface area contributed by atoms with Gasteiger partial charge in [0.1, 0.15) is 5.60 Å². The van der Waals surface area contributed by atoms with Crippen LogP contribution in [0.3, 0.4) is 0 Å². The Kier molecular flexibility index (Phi) is 10.0. The zero-order valence-electron chi connectivity index (χ0n) is 18.7. The fourth-order valence-electron chi connectivity index (χ4n) is 3.42. The van der Waals surface area contributed by atoms with E-state index in [-0.39, 0.29) is 12.1 Å². The Labute approximate surface area is 175 Å². The number of carbonyl (C=O) groups excluding carboxylic acids is 1. The molecule has 168 valence electrons. The lowest BCUT2D eigenvalue weighted by molar-refractivity contribution is 0.0193. The Morgan fingerprint density at radius 1 is 1.31 bits per heavy atom. The second kappa shape index (κ2) is 12.2. The highest BCUT2D eigenvalue weighted by molar-refractivity contribution is 5.80. The highest BCUT2D eigenvalue weighted by atomic mass is 16.6. The molecule has 2 aliphatic rings. The van der Waals surface area contributed by atoms with Crippen molar-refractivity contribution in [3.63, 3.8) is 0 Å². The average Bonchev–Trinajstić information content (AvgIpc) is 3.17. The minimum Gasteiger partial charge on any atom is -0.444 e. The topological polar surface area (TPSA) is 84.4 Å². The fraction of sp³-hybridized carbons (Fsp3) is 0.905. The minimum atomic E-state index is -0.472. The van der Waals surface area contributed by atoms with E-state index >= 15 is 0 Å². The van der Waals surface area contributed by atoms with Crippen molar-refractivity contribution in [3.05, 3.63) is 0 Å². The second-order valence-corrected chi connectivity index (χ2v) is 8.83.